The number of rotatable bonds is 4. The van der Waals surface area contributed by atoms with E-state index in [0.29, 0.717) is 6.54 Å². The molecule has 0 unspecified atom stereocenters. The monoisotopic (exact) mass is 258 g/mol. The number of nitrogens with one attached hydrogen (secondary N) is 1. The molecule has 90 valence electrons. The summed E-state index contributed by atoms with van der Waals surface area (Å²) in [5.41, 5.74) is 1.82. The third-order valence-electron chi connectivity index (χ3n) is 2.33. The molecule has 18 heavy (non-hydrogen) atoms. The summed E-state index contributed by atoms with van der Waals surface area (Å²) in [6.07, 6.45) is 3.43. The molecule has 0 aliphatic heterocycles. The minimum atomic E-state index is 0.608. The van der Waals surface area contributed by atoms with E-state index in [2.05, 4.69) is 25.1 Å². The fraction of sp³-hybridized carbons (Fsp3) is 0.0909. The van der Waals surface area contributed by atoms with Crippen molar-refractivity contribution in [2.24, 2.45) is 0 Å². The Labute approximate surface area is 107 Å². The van der Waals surface area contributed by atoms with Crippen LogP contribution >= 0.6 is 11.5 Å². The van der Waals surface area contributed by atoms with E-state index >= 15 is 0 Å². The van der Waals surface area contributed by atoms with Gasteiger partial charge in [-0.2, -0.15) is 15.0 Å². The van der Waals surface area contributed by atoms with Crippen molar-refractivity contribution in [2.75, 3.05) is 5.32 Å². The zero-order valence-corrected chi connectivity index (χ0v) is 10.2. The Balaban J connectivity index is 1.70. The third kappa shape index (κ3) is 2.35. The first kappa shape index (κ1) is 10.8. The maximum atomic E-state index is 4.39. The third-order valence-corrected chi connectivity index (χ3v) is 2.95. The van der Waals surface area contributed by atoms with Gasteiger partial charge in [-0.05, 0) is 12.1 Å². The van der Waals surface area contributed by atoms with E-state index in [4.69, 9.17) is 0 Å². The largest absolute Gasteiger partial charge is 0.369 e. The molecule has 0 saturated carbocycles. The molecule has 1 aromatic carbocycles. The molecule has 6 nitrogen and oxygen atoms in total. The lowest BCUT2D eigenvalue weighted by atomic mass is 10.3. The number of anilines is 1. The first-order valence-corrected chi connectivity index (χ1v) is 6.17. The van der Waals surface area contributed by atoms with Crippen molar-refractivity contribution < 1.29 is 0 Å². The van der Waals surface area contributed by atoms with Crippen LogP contribution in [0, 0.1) is 0 Å². The fourth-order valence-corrected chi connectivity index (χ4v) is 1.90. The summed E-state index contributed by atoms with van der Waals surface area (Å²) in [5.74, 6) is 0. The van der Waals surface area contributed by atoms with Crippen LogP contribution in [0.25, 0.3) is 5.69 Å². The van der Waals surface area contributed by atoms with Crippen LogP contribution in [0.15, 0.2) is 42.7 Å². The number of aromatic nitrogens is 5. The standard InChI is InChI=1S/C11H10N6S/c1-2-4-10(5-3-1)17-14-7-9(15-17)6-12-11-8-13-16-18-11/h1-5,7-8,12H,6H2. The summed E-state index contributed by atoms with van der Waals surface area (Å²) in [4.78, 5) is 1.61. The summed E-state index contributed by atoms with van der Waals surface area (Å²) in [7, 11) is 0. The van der Waals surface area contributed by atoms with E-state index < -0.39 is 0 Å². The van der Waals surface area contributed by atoms with E-state index in [9.17, 15) is 0 Å². The van der Waals surface area contributed by atoms with Crippen LogP contribution in [-0.4, -0.2) is 24.6 Å². The van der Waals surface area contributed by atoms with Gasteiger partial charge in [0, 0.05) is 11.5 Å². The van der Waals surface area contributed by atoms with Crippen molar-refractivity contribution in [3.05, 3.63) is 48.4 Å². The molecule has 0 radical (unpaired) electrons. The normalized spacial score (nSPS) is 10.4. The second-order valence-corrected chi connectivity index (χ2v) is 4.38. The number of hydrogen-bond acceptors (Lipinski definition) is 6. The van der Waals surface area contributed by atoms with Gasteiger partial charge in [0.1, 0.15) is 10.7 Å². The van der Waals surface area contributed by atoms with E-state index in [-0.39, 0.29) is 0 Å². The average Bonchev–Trinajstić information content (AvgIpc) is 3.09. The Morgan fingerprint density at radius 1 is 1.17 bits per heavy atom. The molecule has 0 spiro atoms. The van der Waals surface area contributed by atoms with Crippen molar-refractivity contribution in [3.8, 4) is 5.69 Å². The first-order chi connectivity index (χ1) is 8.92. The Kier molecular flexibility index (Phi) is 2.97. The van der Waals surface area contributed by atoms with Crippen molar-refractivity contribution in [1.82, 2.24) is 24.6 Å². The van der Waals surface area contributed by atoms with Crippen molar-refractivity contribution >= 4 is 16.5 Å². The maximum Gasteiger partial charge on any atom is 0.130 e. The molecule has 3 rings (SSSR count). The molecule has 0 aliphatic rings. The maximum absolute atomic E-state index is 4.39. The van der Waals surface area contributed by atoms with E-state index in [1.807, 2.05) is 30.3 Å². The SMILES string of the molecule is c1ccc(-n2ncc(CNc3cnns3)n2)cc1. The van der Waals surface area contributed by atoms with Crippen molar-refractivity contribution in [3.63, 3.8) is 0 Å². The van der Waals surface area contributed by atoms with Crippen LogP contribution in [-0.2, 0) is 6.54 Å². The molecular weight excluding hydrogens is 248 g/mol. The summed E-state index contributed by atoms with van der Waals surface area (Å²) >= 11 is 1.32. The summed E-state index contributed by atoms with van der Waals surface area (Å²) in [6.45, 7) is 0.608. The molecule has 0 atom stereocenters. The highest BCUT2D eigenvalue weighted by atomic mass is 32.1. The Morgan fingerprint density at radius 2 is 2.06 bits per heavy atom. The van der Waals surface area contributed by atoms with E-state index in [0.717, 1.165) is 16.4 Å². The van der Waals surface area contributed by atoms with Gasteiger partial charge in [-0.15, -0.1) is 5.10 Å². The lowest BCUT2D eigenvalue weighted by molar-refractivity contribution is 0.740. The quantitative estimate of drug-likeness (QED) is 0.772. The molecule has 7 heteroatoms. The fourth-order valence-electron chi connectivity index (χ4n) is 1.48. The molecule has 0 aliphatic carbocycles. The van der Waals surface area contributed by atoms with Crippen LogP contribution in [0.4, 0.5) is 5.00 Å². The van der Waals surface area contributed by atoms with Crippen molar-refractivity contribution in [2.45, 2.75) is 6.54 Å². The molecule has 1 N–H and O–H groups in total. The van der Waals surface area contributed by atoms with Crippen molar-refractivity contribution in [1.29, 1.82) is 0 Å². The Bertz CT molecular complexity index is 604. The zero-order valence-electron chi connectivity index (χ0n) is 9.39. The molecule has 0 bridgehead atoms. The highest BCUT2D eigenvalue weighted by Crippen LogP contribution is 2.10. The van der Waals surface area contributed by atoms with Gasteiger partial charge in [0.2, 0.25) is 0 Å². The van der Waals surface area contributed by atoms with Gasteiger partial charge >= 0.3 is 0 Å². The molecule has 3 aromatic rings. The van der Waals surface area contributed by atoms with E-state index in [1.54, 1.807) is 17.2 Å². The zero-order chi connectivity index (χ0) is 12.2. The van der Waals surface area contributed by atoms with Crippen LogP contribution in [0.2, 0.25) is 0 Å². The second kappa shape index (κ2) is 4.92. The van der Waals surface area contributed by atoms with Gasteiger partial charge in [0.15, 0.2) is 0 Å². The van der Waals surface area contributed by atoms with E-state index in [1.165, 1.54) is 11.5 Å². The van der Waals surface area contributed by atoms with Gasteiger partial charge in [0.25, 0.3) is 0 Å². The first-order valence-electron chi connectivity index (χ1n) is 5.40. The molecule has 2 heterocycles. The predicted octanol–water partition coefficient (Wildman–Crippen LogP) is 1.73. The lowest BCUT2D eigenvalue weighted by Gasteiger charge is -1.99. The average molecular weight is 258 g/mol. The molecule has 2 aromatic heterocycles. The number of hydrogen-bond donors (Lipinski definition) is 1. The number of nitrogens with zero attached hydrogens (tertiary/aromatic N) is 5. The predicted molar refractivity (Wildman–Crippen MR) is 68.6 cm³/mol. The summed E-state index contributed by atoms with van der Waals surface area (Å²) in [5, 5.41) is 16.5. The number of benzene rings is 1. The summed E-state index contributed by atoms with van der Waals surface area (Å²) in [6, 6.07) is 9.81. The minimum absolute atomic E-state index is 0.608. The van der Waals surface area contributed by atoms with Crippen LogP contribution < -0.4 is 5.32 Å². The molecule has 0 saturated heterocycles. The smallest absolute Gasteiger partial charge is 0.130 e. The topological polar surface area (TPSA) is 68.5 Å². The number of para-hydroxylation sites is 1. The summed E-state index contributed by atoms with van der Waals surface area (Å²) < 4.78 is 3.78. The Hall–Kier alpha value is -2.28. The van der Waals surface area contributed by atoms with Gasteiger partial charge in [-0.3, -0.25) is 0 Å². The highest BCUT2D eigenvalue weighted by molar-refractivity contribution is 7.09. The van der Waals surface area contributed by atoms with Gasteiger partial charge in [0.05, 0.1) is 24.6 Å². The Morgan fingerprint density at radius 3 is 2.83 bits per heavy atom. The highest BCUT2D eigenvalue weighted by Gasteiger charge is 2.03. The van der Waals surface area contributed by atoms with Gasteiger partial charge < -0.3 is 5.32 Å². The molecule has 0 fully saturated rings. The van der Waals surface area contributed by atoms with Crippen LogP contribution in [0.3, 0.4) is 0 Å². The van der Waals surface area contributed by atoms with Gasteiger partial charge in [-0.1, -0.05) is 22.7 Å². The molecule has 0 amide bonds. The van der Waals surface area contributed by atoms with Crippen LogP contribution in [0.1, 0.15) is 5.69 Å². The van der Waals surface area contributed by atoms with Crippen LogP contribution in [0.5, 0.6) is 0 Å². The lowest BCUT2D eigenvalue weighted by Crippen LogP contribution is -2.01. The minimum Gasteiger partial charge on any atom is -0.369 e. The molecular formula is C11H10N6S. The van der Waals surface area contributed by atoms with Gasteiger partial charge in [-0.25, -0.2) is 0 Å². The second-order valence-electron chi connectivity index (χ2n) is 3.60.